The van der Waals surface area contributed by atoms with E-state index in [-0.39, 0.29) is 23.3 Å². The van der Waals surface area contributed by atoms with Crippen molar-refractivity contribution in [3.05, 3.63) is 0 Å². The predicted molar refractivity (Wildman–Crippen MR) is 135 cm³/mol. The van der Waals surface area contributed by atoms with Gasteiger partial charge in [0.1, 0.15) is 17.9 Å². The minimum absolute atomic E-state index is 0.0103. The fourth-order valence-electron chi connectivity index (χ4n) is 9.50. The predicted octanol–water partition coefficient (Wildman–Crippen LogP) is 7.28. The molecule has 0 radical (unpaired) electrons. The van der Waals surface area contributed by atoms with Crippen LogP contribution < -0.4 is 0 Å². The topological polar surface area (TPSA) is 52.6 Å². The summed E-state index contributed by atoms with van der Waals surface area (Å²) in [6.45, 7) is 14.4. The van der Waals surface area contributed by atoms with Crippen LogP contribution in [0.1, 0.15) is 113 Å². The summed E-state index contributed by atoms with van der Waals surface area (Å²) in [5.41, 5.74) is -0.0868. The third-order valence-electron chi connectivity index (χ3n) is 11.0. The molecule has 4 aliphatic carbocycles. The number of hydrogen-bond donors (Lipinski definition) is 0. The average Bonchev–Trinajstić information content (AvgIpc) is 3.10. The molecule has 0 aromatic rings. The van der Waals surface area contributed by atoms with Gasteiger partial charge in [0.15, 0.2) is 0 Å². The van der Waals surface area contributed by atoms with Gasteiger partial charge in [0.05, 0.1) is 0 Å². The zero-order chi connectivity index (χ0) is 25.8. The van der Waals surface area contributed by atoms with Gasteiger partial charge in [0.2, 0.25) is 0 Å². The zero-order valence-electron chi connectivity index (χ0n) is 23.2. The van der Waals surface area contributed by atoms with Gasteiger partial charge in [-0.3, -0.25) is 9.59 Å². The van der Waals surface area contributed by atoms with Crippen LogP contribution in [0.25, 0.3) is 0 Å². The molecule has 0 spiro atoms. The molecule has 4 saturated carbocycles. The van der Waals surface area contributed by atoms with Crippen LogP contribution in [0.3, 0.4) is 0 Å². The maximum Gasteiger partial charge on any atom is 0.306 e. The van der Waals surface area contributed by atoms with Gasteiger partial charge in [-0.2, -0.15) is 0 Å². The van der Waals surface area contributed by atoms with Crippen LogP contribution in [-0.2, 0) is 19.1 Å². The molecule has 10 atom stereocenters. The van der Waals surface area contributed by atoms with Crippen LogP contribution in [0.4, 0.5) is 4.39 Å². The highest BCUT2D eigenvalue weighted by Gasteiger charge is 2.62. The van der Waals surface area contributed by atoms with Crippen molar-refractivity contribution in [2.45, 2.75) is 131 Å². The number of fused-ring (bicyclic) bond motifs is 5. The third-order valence-corrected chi connectivity index (χ3v) is 11.0. The van der Waals surface area contributed by atoms with Crippen molar-refractivity contribution in [3.63, 3.8) is 0 Å². The highest BCUT2D eigenvalue weighted by Crippen LogP contribution is 2.68. The fraction of sp³-hybridized carbons (Fsp3) is 0.933. The summed E-state index contributed by atoms with van der Waals surface area (Å²) in [6.07, 6.45) is 8.39. The van der Waals surface area contributed by atoms with Crippen molar-refractivity contribution in [2.75, 3.05) is 0 Å². The van der Waals surface area contributed by atoms with E-state index in [1.807, 2.05) is 20.8 Å². The van der Waals surface area contributed by atoms with Crippen LogP contribution in [0, 0.1) is 46.3 Å². The SMILES string of the molecule is CC(=O)OC1CC[C@@]2(C)[C@H](CC[C@@H]3[C@@H]2CC[C@]2(C)C([C@H](C)CCC(=O)OC(C)(C)C)CC[C@@H]32)[C@H]1F. The first-order chi connectivity index (χ1) is 16.3. The Morgan fingerprint density at radius 3 is 2.23 bits per heavy atom. The number of esters is 2. The number of carbonyl (C=O) groups excluding carboxylic acids is 2. The second-order valence-corrected chi connectivity index (χ2v) is 14.0. The zero-order valence-corrected chi connectivity index (χ0v) is 23.2. The molecule has 4 nitrogen and oxygen atoms in total. The molecule has 0 aromatic heterocycles. The van der Waals surface area contributed by atoms with Crippen LogP contribution in [0.5, 0.6) is 0 Å². The molecule has 0 amide bonds. The Balaban J connectivity index is 1.42. The van der Waals surface area contributed by atoms with E-state index in [0.29, 0.717) is 47.8 Å². The number of carbonyl (C=O) groups is 2. The summed E-state index contributed by atoms with van der Waals surface area (Å²) >= 11 is 0. The minimum Gasteiger partial charge on any atom is -0.460 e. The van der Waals surface area contributed by atoms with Crippen LogP contribution in [0.2, 0.25) is 0 Å². The lowest BCUT2D eigenvalue weighted by molar-refractivity contribution is -0.178. The molecular formula is C30H49FO4. The lowest BCUT2D eigenvalue weighted by atomic mass is 9.44. The van der Waals surface area contributed by atoms with Gasteiger partial charge in [-0.05, 0) is 125 Å². The maximum absolute atomic E-state index is 15.6. The molecule has 4 aliphatic rings. The van der Waals surface area contributed by atoms with E-state index in [4.69, 9.17) is 9.47 Å². The fourth-order valence-corrected chi connectivity index (χ4v) is 9.50. The van der Waals surface area contributed by atoms with E-state index in [9.17, 15) is 9.59 Å². The van der Waals surface area contributed by atoms with Gasteiger partial charge < -0.3 is 9.47 Å². The van der Waals surface area contributed by atoms with Crippen molar-refractivity contribution in [1.82, 2.24) is 0 Å². The Kier molecular flexibility index (Phi) is 7.41. The first kappa shape index (κ1) is 26.9. The monoisotopic (exact) mass is 492 g/mol. The van der Waals surface area contributed by atoms with Crippen molar-refractivity contribution in [3.8, 4) is 0 Å². The largest absolute Gasteiger partial charge is 0.460 e. The van der Waals surface area contributed by atoms with Crippen LogP contribution in [-0.4, -0.2) is 29.8 Å². The summed E-state index contributed by atoms with van der Waals surface area (Å²) in [7, 11) is 0. The molecule has 0 aromatic carbocycles. The third kappa shape index (κ3) is 5.04. The second-order valence-electron chi connectivity index (χ2n) is 14.0. The van der Waals surface area contributed by atoms with Gasteiger partial charge in [-0.25, -0.2) is 4.39 Å². The van der Waals surface area contributed by atoms with Gasteiger partial charge in [0.25, 0.3) is 0 Å². The lowest BCUT2D eigenvalue weighted by Gasteiger charge is -2.61. The average molecular weight is 493 g/mol. The molecule has 5 heteroatoms. The molecule has 0 N–H and O–H groups in total. The number of ether oxygens (including phenoxy) is 2. The smallest absolute Gasteiger partial charge is 0.306 e. The van der Waals surface area contributed by atoms with Crippen molar-refractivity contribution < 1.29 is 23.5 Å². The summed E-state index contributed by atoms with van der Waals surface area (Å²) in [4.78, 5) is 23.8. The van der Waals surface area contributed by atoms with E-state index in [2.05, 4.69) is 20.8 Å². The molecule has 0 aliphatic heterocycles. The normalized spacial score (nSPS) is 43.9. The minimum atomic E-state index is -1.03. The van der Waals surface area contributed by atoms with E-state index >= 15 is 4.39 Å². The molecule has 2 unspecified atom stereocenters. The van der Waals surface area contributed by atoms with E-state index in [1.165, 1.54) is 32.6 Å². The summed E-state index contributed by atoms with van der Waals surface area (Å²) in [6, 6.07) is 0. The standard InChI is InChI=1S/C30H49FO4/c1-18(8-13-26(33)35-28(3,4)5)21-11-12-22-20-9-10-24-27(31)25(34-19(2)32)15-17-30(24,7)23(20)14-16-29(21,22)6/h18,20-25,27H,8-17H2,1-7H3/t18-,20+,21?,22+,23+,24-,25?,27-,29-,30-/m1/s1. The number of hydrogen-bond acceptors (Lipinski definition) is 4. The number of halogens is 1. The molecule has 0 bridgehead atoms. The molecule has 0 heterocycles. The Labute approximate surface area is 212 Å². The summed E-state index contributed by atoms with van der Waals surface area (Å²) in [5.74, 6) is 2.69. The Morgan fingerprint density at radius 1 is 0.943 bits per heavy atom. The van der Waals surface area contributed by atoms with E-state index in [0.717, 1.165) is 25.7 Å². The maximum atomic E-state index is 15.6. The molecule has 4 rings (SSSR count). The number of alkyl halides is 1. The van der Waals surface area contributed by atoms with Crippen molar-refractivity contribution in [1.29, 1.82) is 0 Å². The van der Waals surface area contributed by atoms with Crippen LogP contribution >= 0.6 is 0 Å². The van der Waals surface area contributed by atoms with E-state index < -0.39 is 17.9 Å². The van der Waals surface area contributed by atoms with Crippen LogP contribution in [0.15, 0.2) is 0 Å². The first-order valence-corrected chi connectivity index (χ1v) is 14.3. The molecule has 35 heavy (non-hydrogen) atoms. The van der Waals surface area contributed by atoms with E-state index in [1.54, 1.807) is 0 Å². The molecule has 4 fully saturated rings. The Bertz CT molecular complexity index is 805. The first-order valence-electron chi connectivity index (χ1n) is 14.3. The lowest BCUT2D eigenvalue weighted by Crippen LogP contribution is -2.58. The van der Waals surface area contributed by atoms with Gasteiger partial charge >= 0.3 is 11.9 Å². The molecule has 0 saturated heterocycles. The number of rotatable bonds is 5. The van der Waals surface area contributed by atoms with Gasteiger partial charge in [0, 0.05) is 13.3 Å². The van der Waals surface area contributed by atoms with Gasteiger partial charge in [-0.1, -0.05) is 20.8 Å². The van der Waals surface area contributed by atoms with Crippen molar-refractivity contribution in [2.24, 2.45) is 46.3 Å². The highest BCUT2D eigenvalue weighted by atomic mass is 19.1. The summed E-state index contributed by atoms with van der Waals surface area (Å²) in [5, 5.41) is 0. The van der Waals surface area contributed by atoms with Gasteiger partial charge in [-0.15, -0.1) is 0 Å². The molecule has 200 valence electrons. The highest BCUT2D eigenvalue weighted by molar-refractivity contribution is 5.69. The molecular weight excluding hydrogens is 443 g/mol. The second kappa shape index (κ2) is 9.63. The quantitative estimate of drug-likeness (QED) is 0.378. The Morgan fingerprint density at radius 2 is 1.57 bits per heavy atom. The summed E-state index contributed by atoms with van der Waals surface area (Å²) < 4.78 is 26.5. The van der Waals surface area contributed by atoms with Crippen molar-refractivity contribution >= 4 is 11.9 Å². The Hall–Kier alpha value is -1.13.